The van der Waals surface area contributed by atoms with E-state index in [0.717, 1.165) is 30.2 Å². The minimum Gasteiger partial charge on any atom is -0.459 e. The molecule has 6 nitrogen and oxygen atoms in total. The van der Waals surface area contributed by atoms with Crippen LogP contribution < -0.4 is 10.9 Å². The number of thiophene rings is 1. The van der Waals surface area contributed by atoms with E-state index >= 15 is 0 Å². The first-order valence-corrected chi connectivity index (χ1v) is 10.7. The van der Waals surface area contributed by atoms with Crippen molar-refractivity contribution in [2.75, 3.05) is 7.05 Å². The van der Waals surface area contributed by atoms with Crippen molar-refractivity contribution < 1.29 is 14.0 Å². The van der Waals surface area contributed by atoms with Gasteiger partial charge in [0, 0.05) is 17.3 Å². The molecule has 0 saturated heterocycles. The molecule has 0 radical (unpaired) electrons. The fourth-order valence-electron chi connectivity index (χ4n) is 3.65. The van der Waals surface area contributed by atoms with Gasteiger partial charge >= 0.3 is 6.03 Å². The van der Waals surface area contributed by atoms with Crippen molar-refractivity contribution >= 4 is 34.2 Å². The minimum atomic E-state index is -0.402. The normalized spacial score (nSPS) is 16.9. The van der Waals surface area contributed by atoms with Gasteiger partial charge in [0.15, 0.2) is 0 Å². The summed E-state index contributed by atoms with van der Waals surface area (Å²) >= 11 is 1.52. The van der Waals surface area contributed by atoms with Crippen LogP contribution in [-0.4, -0.2) is 23.9 Å². The zero-order chi connectivity index (χ0) is 20.5. The summed E-state index contributed by atoms with van der Waals surface area (Å²) in [6, 6.07) is 10.9. The highest BCUT2D eigenvalue weighted by Crippen LogP contribution is 2.32. The smallest absolute Gasteiger partial charge is 0.336 e. The van der Waals surface area contributed by atoms with E-state index in [2.05, 4.69) is 17.8 Å². The Morgan fingerprint density at radius 3 is 2.83 bits per heavy atom. The number of urea groups is 1. The van der Waals surface area contributed by atoms with E-state index in [0.29, 0.717) is 16.6 Å². The Morgan fingerprint density at radius 2 is 2.03 bits per heavy atom. The van der Waals surface area contributed by atoms with Crippen LogP contribution in [0.15, 0.2) is 40.8 Å². The summed E-state index contributed by atoms with van der Waals surface area (Å²) in [4.78, 5) is 28.4. The number of benzene rings is 1. The molecule has 0 fully saturated rings. The molecule has 29 heavy (non-hydrogen) atoms. The first kappa shape index (κ1) is 19.5. The Hall–Kier alpha value is -2.80. The van der Waals surface area contributed by atoms with Gasteiger partial charge in [0.2, 0.25) is 0 Å². The third-order valence-electron chi connectivity index (χ3n) is 5.59. The fourth-order valence-corrected chi connectivity index (χ4v) is 4.76. The van der Waals surface area contributed by atoms with Crippen molar-refractivity contribution in [2.24, 2.45) is 5.92 Å². The SMILES string of the molecule is CC1CCc2sc(C(=O)NNC(=O)N(C)C(C)c3cc4ccccc4o3)cc2C1. The molecule has 7 heteroatoms. The van der Waals surface area contributed by atoms with Crippen molar-refractivity contribution in [3.05, 3.63) is 57.5 Å². The Kier molecular flexibility index (Phi) is 5.32. The largest absolute Gasteiger partial charge is 0.459 e. The van der Waals surface area contributed by atoms with Crippen LogP contribution in [0.4, 0.5) is 4.79 Å². The summed E-state index contributed by atoms with van der Waals surface area (Å²) in [5, 5.41) is 0.993. The van der Waals surface area contributed by atoms with E-state index in [1.807, 2.05) is 43.3 Å². The monoisotopic (exact) mass is 411 g/mol. The van der Waals surface area contributed by atoms with Gasteiger partial charge in [-0.1, -0.05) is 25.1 Å². The van der Waals surface area contributed by atoms with E-state index < -0.39 is 6.03 Å². The van der Waals surface area contributed by atoms with E-state index in [1.54, 1.807) is 7.05 Å². The van der Waals surface area contributed by atoms with E-state index in [4.69, 9.17) is 4.42 Å². The van der Waals surface area contributed by atoms with Gasteiger partial charge in [-0.25, -0.2) is 10.2 Å². The molecule has 152 valence electrons. The predicted octanol–water partition coefficient (Wildman–Crippen LogP) is 4.67. The molecule has 3 aromatic rings. The highest BCUT2D eigenvalue weighted by molar-refractivity contribution is 7.14. The summed E-state index contributed by atoms with van der Waals surface area (Å²) in [6.45, 7) is 4.12. The molecule has 1 aromatic carbocycles. The van der Waals surface area contributed by atoms with Gasteiger partial charge < -0.3 is 9.32 Å². The number of furan rings is 1. The van der Waals surface area contributed by atoms with Crippen molar-refractivity contribution in [1.29, 1.82) is 0 Å². The maximum Gasteiger partial charge on any atom is 0.336 e. The fraction of sp³-hybridized carbons (Fsp3) is 0.364. The van der Waals surface area contributed by atoms with Gasteiger partial charge in [-0.15, -0.1) is 11.3 Å². The van der Waals surface area contributed by atoms with Crippen molar-refractivity contribution in [3.8, 4) is 0 Å². The number of fused-ring (bicyclic) bond motifs is 2. The first-order chi connectivity index (χ1) is 13.9. The molecule has 1 aliphatic carbocycles. The molecule has 2 atom stereocenters. The predicted molar refractivity (Wildman–Crippen MR) is 114 cm³/mol. The van der Waals surface area contributed by atoms with Gasteiger partial charge in [0.1, 0.15) is 11.3 Å². The maximum absolute atomic E-state index is 12.5. The highest BCUT2D eigenvalue weighted by atomic mass is 32.1. The first-order valence-electron chi connectivity index (χ1n) is 9.85. The molecule has 3 amide bonds. The number of rotatable bonds is 3. The molecule has 0 spiro atoms. The standard InChI is InChI=1S/C22H25N3O3S/c1-13-8-9-19-16(10-13)12-20(29-19)21(26)23-24-22(27)25(3)14(2)18-11-15-6-4-5-7-17(15)28-18/h4-7,11-14H,8-10H2,1-3H3,(H,23,26)(H,24,27). The maximum atomic E-state index is 12.5. The van der Waals surface area contributed by atoms with Crippen LogP contribution in [0.3, 0.4) is 0 Å². The van der Waals surface area contributed by atoms with E-state index in [1.165, 1.54) is 26.7 Å². The van der Waals surface area contributed by atoms with Crippen molar-refractivity contribution in [1.82, 2.24) is 15.8 Å². The van der Waals surface area contributed by atoms with Crippen molar-refractivity contribution in [3.63, 3.8) is 0 Å². The minimum absolute atomic E-state index is 0.282. The number of carbonyl (C=O) groups is 2. The number of nitrogens with zero attached hydrogens (tertiary/aromatic N) is 1. The number of aryl methyl sites for hydroxylation is 1. The Bertz CT molecular complexity index is 1020. The van der Waals surface area contributed by atoms with Crippen LogP contribution >= 0.6 is 11.3 Å². The van der Waals surface area contributed by atoms with Gasteiger partial charge in [-0.05, 0) is 55.9 Å². The second-order valence-electron chi connectivity index (χ2n) is 7.76. The molecular weight excluding hydrogens is 386 g/mol. The molecule has 0 bridgehead atoms. The molecule has 4 rings (SSSR count). The van der Waals surface area contributed by atoms with Crippen LogP contribution in [0, 0.1) is 5.92 Å². The number of amides is 3. The lowest BCUT2D eigenvalue weighted by Crippen LogP contribution is -2.48. The zero-order valence-electron chi connectivity index (χ0n) is 16.8. The topological polar surface area (TPSA) is 74.6 Å². The average molecular weight is 412 g/mol. The van der Waals surface area contributed by atoms with Crippen LogP contribution in [0.1, 0.15) is 52.2 Å². The molecule has 2 aromatic heterocycles. The number of carbonyl (C=O) groups excluding carboxylic acids is 2. The third-order valence-corrected chi connectivity index (χ3v) is 6.83. The lowest BCUT2D eigenvalue weighted by molar-refractivity contribution is 0.0932. The van der Waals surface area contributed by atoms with Crippen LogP contribution in [-0.2, 0) is 12.8 Å². The summed E-state index contributed by atoms with van der Waals surface area (Å²) < 4.78 is 5.84. The average Bonchev–Trinajstić information content (AvgIpc) is 3.34. The molecule has 2 N–H and O–H groups in total. The van der Waals surface area contributed by atoms with Crippen LogP contribution in [0.25, 0.3) is 11.0 Å². The summed E-state index contributed by atoms with van der Waals surface area (Å²) in [5.74, 6) is 1.06. The zero-order valence-corrected chi connectivity index (χ0v) is 17.6. The number of hydrogen-bond donors (Lipinski definition) is 2. The lowest BCUT2D eigenvalue weighted by atomic mass is 9.90. The quantitative estimate of drug-likeness (QED) is 0.615. The Morgan fingerprint density at radius 1 is 1.24 bits per heavy atom. The molecular formula is C22H25N3O3S. The van der Waals surface area contributed by atoms with Crippen LogP contribution in [0.2, 0.25) is 0 Å². The molecule has 1 aliphatic rings. The molecule has 2 heterocycles. The lowest BCUT2D eigenvalue weighted by Gasteiger charge is -2.23. The van der Waals surface area contributed by atoms with Gasteiger partial charge in [0.25, 0.3) is 5.91 Å². The molecule has 0 aliphatic heterocycles. The Labute approximate surface area is 173 Å². The molecule has 2 unspecified atom stereocenters. The van der Waals surface area contributed by atoms with E-state index in [9.17, 15) is 9.59 Å². The highest BCUT2D eigenvalue weighted by Gasteiger charge is 2.23. The van der Waals surface area contributed by atoms with Gasteiger partial charge in [0.05, 0.1) is 10.9 Å². The third kappa shape index (κ3) is 4.00. The second kappa shape index (κ2) is 7.91. The van der Waals surface area contributed by atoms with Gasteiger partial charge in [-0.2, -0.15) is 0 Å². The second-order valence-corrected chi connectivity index (χ2v) is 8.90. The summed E-state index contributed by atoms with van der Waals surface area (Å²) in [6.07, 6.45) is 3.21. The number of hydrazine groups is 1. The molecule has 0 saturated carbocycles. The Balaban J connectivity index is 1.36. The number of hydrogen-bond acceptors (Lipinski definition) is 4. The van der Waals surface area contributed by atoms with Crippen molar-refractivity contribution in [2.45, 2.75) is 39.2 Å². The van der Waals surface area contributed by atoms with Gasteiger partial charge in [-0.3, -0.25) is 10.2 Å². The number of para-hydroxylation sites is 1. The summed E-state index contributed by atoms with van der Waals surface area (Å²) in [7, 11) is 1.67. The summed E-state index contributed by atoms with van der Waals surface area (Å²) in [5.41, 5.74) is 7.09. The number of nitrogens with one attached hydrogen (secondary N) is 2. The van der Waals surface area contributed by atoms with Crippen LogP contribution in [0.5, 0.6) is 0 Å². The van der Waals surface area contributed by atoms with E-state index in [-0.39, 0.29) is 11.9 Å².